The molecule has 0 unspecified atom stereocenters. The Kier molecular flexibility index (Phi) is 4.04. The first kappa shape index (κ1) is 15.0. The lowest BCUT2D eigenvalue weighted by molar-refractivity contribution is 0.403. The molecule has 120 valence electrons. The third-order valence-corrected chi connectivity index (χ3v) is 4.58. The zero-order valence-corrected chi connectivity index (χ0v) is 13.6. The van der Waals surface area contributed by atoms with Gasteiger partial charge >= 0.3 is 0 Å². The van der Waals surface area contributed by atoms with Gasteiger partial charge in [0.2, 0.25) is 0 Å². The molecule has 0 N–H and O–H groups in total. The van der Waals surface area contributed by atoms with Gasteiger partial charge in [0, 0.05) is 30.6 Å². The van der Waals surface area contributed by atoms with Gasteiger partial charge in [-0.05, 0) is 54.8 Å². The molecule has 2 aromatic carbocycles. The number of amidine groups is 1. The van der Waals surface area contributed by atoms with Crippen molar-refractivity contribution in [1.82, 2.24) is 4.90 Å². The van der Waals surface area contributed by atoms with Crippen LogP contribution in [0.1, 0.15) is 42.4 Å². The van der Waals surface area contributed by atoms with Crippen LogP contribution in [0.3, 0.4) is 0 Å². The lowest BCUT2D eigenvalue weighted by atomic mass is 10.1. The molecule has 2 nitrogen and oxygen atoms in total. The molecule has 2 aliphatic rings. The van der Waals surface area contributed by atoms with Gasteiger partial charge in [0.15, 0.2) is 0 Å². The molecule has 0 atom stereocenters. The molecular formula is C21H19FN2. The maximum atomic E-state index is 12.9. The van der Waals surface area contributed by atoms with Crippen molar-refractivity contribution >= 4 is 11.5 Å². The average Bonchev–Trinajstić information content (AvgIpc) is 2.84. The summed E-state index contributed by atoms with van der Waals surface area (Å²) in [6.45, 7) is 2.07. The topological polar surface area (TPSA) is 15.6 Å². The summed E-state index contributed by atoms with van der Waals surface area (Å²) >= 11 is 0. The second kappa shape index (κ2) is 6.49. The number of aliphatic imine (C=N–C) groups is 1. The predicted molar refractivity (Wildman–Crippen MR) is 94.8 cm³/mol. The number of hydrogen-bond acceptors (Lipinski definition) is 2. The highest BCUT2D eigenvalue weighted by Gasteiger charge is 2.21. The minimum atomic E-state index is -0.238. The summed E-state index contributed by atoms with van der Waals surface area (Å²) < 4.78 is 12.9. The summed E-state index contributed by atoms with van der Waals surface area (Å²) in [6, 6.07) is 12.5. The molecule has 1 fully saturated rings. The fourth-order valence-electron chi connectivity index (χ4n) is 3.25. The van der Waals surface area contributed by atoms with Crippen LogP contribution in [0.5, 0.6) is 0 Å². The van der Waals surface area contributed by atoms with Gasteiger partial charge in [-0.3, -0.25) is 0 Å². The molecule has 0 spiro atoms. The van der Waals surface area contributed by atoms with Crippen LogP contribution < -0.4 is 0 Å². The van der Waals surface area contributed by atoms with Gasteiger partial charge < -0.3 is 4.90 Å². The van der Waals surface area contributed by atoms with Gasteiger partial charge in [-0.15, -0.1) is 0 Å². The number of benzene rings is 2. The van der Waals surface area contributed by atoms with Crippen LogP contribution in [0.25, 0.3) is 0 Å². The van der Waals surface area contributed by atoms with Crippen molar-refractivity contribution in [2.24, 2.45) is 4.99 Å². The standard InChI is InChI=1S/C21H19FN2/c22-19-11-8-16(9-12-19)5-6-17-7-10-18-15-24-13-3-1-2-4-21(24)23-20(18)14-17/h7-12,14H,1-4,13,15H2. The van der Waals surface area contributed by atoms with Crippen LogP contribution in [0.4, 0.5) is 10.1 Å². The molecule has 0 bridgehead atoms. The fraction of sp³-hybridized carbons (Fsp3) is 0.286. The van der Waals surface area contributed by atoms with E-state index in [4.69, 9.17) is 4.99 Å². The third-order valence-electron chi connectivity index (χ3n) is 4.58. The lowest BCUT2D eigenvalue weighted by Gasteiger charge is -2.29. The largest absolute Gasteiger partial charge is 0.356 e. The molecule has 4 rings (SSSR count). The molecule has 1 saturated heterocycles. The molecule has 0 amide bonds. The molecule has 2 aliphatic heterocycles. The minimum absolute atomic E-state index is 0.238. The molecule has 2 heterocycles. The van der Waals surface area contributed by atoms with Gasteiger partial charge in [-0.25, -0.2) is 9.38 Å². The SMILES string of the molecule is Fc1ccc(C#Cc2ccc3c(c2)N=C2CCCCCN2C3)cc1. The molecule has 0 radical (unpaired) electrons. The molecule has 2 aromatic rings. The minimum Gasteiger partial charge on any atom is -0.356 e. The van der Waals surface area contributed by atoms with Crippen molar-refractivity contribution in [2.45, 2.75) is 32.2 Å². The van der Waals surface area contributed by atoms with Crippen molar-refractivity contribution in [3.8, 4) is 11.8 Å². The normalized spacial score (nSPS) is 16.2. The second-order valence-corrected chi connectivity index (χ2v) is 6.36. The van der Waals surface area contributed by atoms with E-state index in [9.17, 15) is 4.39 Å². The number of nitrogens with zero attached hydrogens (tertiary/aromatic N) is 2. The molecular weight excluding hydrogens is 299 g/mol. The van der Waals surface area contributed by atoms with Crippen LogP contribution in [-0.4, -0.2) is 17.3 Å². The Labute approximate surface area is 142 Å². The fourth-order valence-corrected chi connectivity index (χ4v) is 3.25. The summed E-state index contributed by atoms with van der Waals surface area (Å²) in [5.74, 6) is 7.23. The van der Waals surface area contributed by atoms with E-state index in [1.165, 1.54) is 42.8 Å². The number of hydrogen-bond donors (Lipinski definition) is 0. The maximum absolute atomic E-state index is 12.9. The Morgan fingerprint density at radius 3 is 2.58 bits per heavy atom. The molecule has 0 aromatic heterocycles. The summed E-state index contributed by atoms with van der Waals surface area (Å²) in [7, 11) is 0. The third kappa shape index (κ3) is 3.19. The summed E-state index contributed by atoms with van der Waals surface area (Å²) in [6.07, 6.45) is 4.86. The predicted octanol–water partition coefficient (Wildman–Crippen LogP) is 4.65. The van der Waals surface area contributed by atoms with Crippen molar-refractivity contribution in [2.75, 3.05) is 6.54 Å². The van der Waals surface area contributed by atoms with E-state index in [0.717, 1.165) is 36.3 Å². The Balaban J connectivity index is 1.61. The Bertz CT molecular complexity index is 840. The second-order valence-electron chi connectivity index (χ2n) is 6.36. The van der Waals surface area contributed by atoms with E-state index in [1.807, 2.05) is 6.07 Å². The van der Waals surface area contributed by atoms with Crippen LogP contribution >= 0.6 is 0 Å². The highest BCUT2D eigenvalue weighted by atomic mass is 19.1. The highest BCUT2D eigenvalue weighted by Crippen LogP contribution is 2.30. The quantitative estimate of drug-likeness (QED) is 0.646. The van der Waals surface area contributed by atoms with Gasteiger partial charge in [0.25, 0.3) is 0 Å². The van der Waals surface area contributed by atoms with Gasteiger partial charge in [-0.2, -0.15) is 0 Å². The zero-order chi connectivity index (χ0) is 16.4. The first-order valence-electron chi connectivity index (χ1n) is 8.51. The number of rotatable bonds is 0. The van der Waals surface area contributed by atoms with Crippen LogP contribution in [0.2, 0.25) is 0 Å². The highest BCUT2D eigenvalue weighted by molar-refractivity contribution is 5.87. The monoisotopic (exact) mass is 318 g/mol. The first-order chi connectivity index (χ1) is 11.8. The van der Waals surface area contributed by atoms with Crippen molar-refractivity contribution in [1.29, 1.82) is 0 Å². The number of halogens is 1. The smallest absolute Gasteiger partial charge is 0.123 e. The Hall–Kier alpha value is -2.60. The molecule has 0 aliphatic carbocycles. The van der Waals surface area contributed by atoms with Gasteiger partial charge in [0.1, 0.15) is 11.7 Å². The maximum Gasteiger partial charge on any atom is 0.123 e. The van der Waals surface area contributed by atoms with E-state index in [0.29, 0.717) is 0 Å². The van der Waals surface area contributed by atoms with E-state index < -0.39 is 0 Å². The van der Waals surface area contributed by atoms with Crippen molar-refractivity contribution < 1.29 is 4.39 Å². The zero-order valence-electron chi connectivity index (χ0n) is 13.6. The Morgan fingerprint density at radius 2 is 1.71 bits per heavy atom. The van der Waals surface area contributed by atoms with E-state index in [1.54, 1.807) is 12.1 Å². The lowest BCUT2D eigenvalue weighted by Crippen LogP contribution is -2.32. The number of fused-ring (bicyclic) bond motifs is 2. The van der Waals surface area contributed by atoms with E-state index in [-0.39, 0.29) is 5.82 Å². The molecule has 3 heteroatoms. The molecule has 24 heavy (non-hydrogen) atoms. The molecule has 0 saturated carbocycles. The van der Waals surface area contributed by atoms with E-state index in [2.05, 4.69) is 28.9 Å². The summed E-state index contributed by atoms with van der Waals surface area (Å²) in [4.78, 5) is 7.30. The van der Waals surface area contributed by atoms with Crippen molar-refractivity contribution in [3.05, 3.63) is 65.0 Å². The first-order valence-corrected chi connectivity index (χ1v) is 8.51. The summed E-state index contributed by atoms with van der Waals surface area (Å²) in [5, 5.41) is 0. The Morgan fingerprint density at radius 1 is 0.917 bits per heavy atom. The summed E-state index contributed by atoms with van der Waals surface area (Å²) in [5.41, 5.74) is 4.09. The van der Waals surface area contributed by atoms with Crippen LogP contribution in [0.15, 0.2) is 47.5 Å². The average molecular weight is 318 g/mol. The van der Waals surface area contributed by atoms with Gasteiger partial charge in [-0.1, -0.05) is 24.3 Å². The van der Waals surface area contributed by atoms with Crippen LogP contribution in [-0.2, 0) is 6.54 Å². The van der Waals surface area contributed by atoms with Gasteiger partial charge in [0.05, 0.1) is 5.69 Å². The van der Waals surface area contributed by atoms with Crippen molar-refractivity contribution in [3.63, 3.8) is 0 Å². The van der Waals surface area contributed by atoms with E-state index >= 15 is 0 Å². The van der Waals surface area contributed by atoms with Crippen LogP contribution in [0, 0.1) is 17.7 Å².